The molecule has 3 aromatic rings. The molecular weight excluding hydrogens is 380 g/mol. The number of nitrogens with one attached hydrogen (secondary N) is 1. The summed E-state index contributed by atoms with van der Waals surface area (Å²) in [6.07, 6.45) is 0. The van der Waals surface area contributed by atoms with Gasteiger partial charge in [-0.3, -0.25) is 10.1 Å². The summed E-state index contributed by atoms with van der Waals surface area (Å²) in [5.41, 5.74) is 1.84. The van der Waals surface area contributed by atoms with E-state index in [1.807, 2.05) is 23.6 Å². The van der Waals surface area contributed by atoms with Crippen LogP contribution < -0.4 is 24.3 Å². The zero-order chi connectivity index (χ0) is 20.1. The van der Waals surface area contributed by atoms with E-state index in [0.29, 0.717) is 39.4 Å². The summed E-state index contributed by atoms with van der Waals surface area (Å²) >= 11 is 1.32. The molecule has 0 bridgehead atoms. The van der Waals surface area contributed by atoms with E-state index in [2.05, 4.69) is 10.3 Å². The number of amides is 1. The van der Waals surface area contributed by atoms with Crippen molar-refractivity contribution in [3.05, 3.63) is 47.3 Å². The Balaban J connectivity index is 1.85. The van der Waals surface area contributed by atoms with Crippen LogP contribution in [0.5, 0.6) is 23.0 Å². The molecule has 0 aliphatic heterocycles. The maximum Gasteiger partial charge on any atom is 0.261 e. The predicted molar refractivity (Wildman–Crippen MR) is 108 cm³/mol. The van der Waals surface area contributed by atoms with Crippen LogP contribution in [0.15, 0.2) is 41.8 Å². The number of rotatable bonds is 7. The van der Waals surface area contributed by atoms with Crippen LogP contribution in [0.25, 0.3) is 11.3 Å². The number of nitrogens with zero attached hydrogens (tertiary/aromatic N) is 1. The standard InChI is InChI=1S/C20H20N2O5S/c1-24-12-6-8-17(26-3)15(9-12)16-11-28-20(21-16)22-19(23)14-7-5-13(25-2)10-18(14)27-4/h5-11H,1-4H3,(H,21,22,23). The summed E-state index contributed by atoms with van der Waals surface area (Å²) in [6.45, 7) is 0. The van der Waals surface area contributed by atoms with Crippen molar-refractivity contribution in [3.63, 3.8) is 0 Å². The van der Waals surface area contributed by atoms with Gasteiger partial charge in [0.2, 0.25) is 0 Å². The van der Waals surface area contributed by atoms with Crippen LogP contribution in [-0.2, 0) is 0 Å². The second-order valence-electron chi connectivity index (χ2n) is 5.62. The van der Waals surface area contributed by atoms with Gasteiger partial charge in [0.25, 0.3) is 5.91 Å². The average Bonchev–Trinajstić information content (AvgIpc) is 3.20. The molecule has 0 unspecified atom stereocenters. The van der Waals surface area contributed by atoms with Gasteiger partial charge < -0.3 is 18.9 Å². The number of hydrogen-bond donors (Lipinski definition) is 1. The third-order valence-electron chi connectivity index (χ3n) is 4.06. The SMILES string of the molecule is COc1ccc(C(=O)Nc2nc(-c3cc(OC)ccc3OC)cs2)c(OC)c1. The number of anilines is 1. The lowest BCUT2D eigenvalue weighted by atomic mass is 10.1. The van der Waals surface area contributed by atoms with Gasteiger partial charge in [0, 0.05) is 17.0 Å². The van der Waals surface area contributed by atoms with Gasteiger partial charge in [0.15, 0.2) is 5.13 Å². The topological polar surface area (TPSA) is 78.9 Å². The third kappa shape index (κ3) is 4.01. The smallest absolute Gasteiger partial charge is 0.261 e. The highest BCUT2D eigenvalue weighted by Gasteiger charge is 2.17. The molecule has 0 spiro atoms. The molecule has 0 aliphatic carbocycles. The Kier molecular flexibility index (Phi) is 6.00. The van der Waals surface area contributed by atoms with Crippen LogP contribution >= 0.6 is 11.3 Å². The molecule has 0 saturated heterocycles. The van der Waals surface area contributed by atoms with Crippen molar-refractivity contribution in [2.45, 2.75) is 0 Å². The summed E-state index contributed by atoms with van der Waals surface area (Å²) in [7, 11) is 6.25. The quantitative estimate of drug-likeness (QED) is 0.643. The van der Waals surface area contributed by atoms with E-state index in [1.54, 1.807) is 39.5 Å². The second kappa shape index (κ2) is 8.62. The first kappa shape index (κ1) is 19.5. The normalized spacial score (nSPS) is 10.3. The minimum atomic E-state index is -0.321. The van der Waals surface area contributed by atoms with Gasteiger partial charge >= 0.3 is 0 Å². The van der Waals surface area contributed by atoms with Crippen molar-refractivity contribution < 1.29 is 23.7 Å². The van der Waals surface area contributed by atoms with Crippen molar-refractivity contribution in [2.75, 3.05) is 33.8 Å². The molecule has 0 fully saturated rings. The highest BCUT2D eigenvalue weighted by atomic mass is 32.1. The number of carbonyl (C=O) groups is 1. The van der Waals surface area contributed by atoms with Crippen molar-refractivity contribution in [2.24, 2.45) is 0 Å². The van der Waals surface area contributed by atoms with Crippen LogP contribution in [0.1, 0.15) is 10.4 Å². The fourth-order valence-electron chi connectivity index (χ4n) is 2.62. The lowest BCUT2D eigenvalue weighted by Crippen LogP contribution is -2.13. The Morgan fingerprint density at radius 2 is 1.57 bits per heavy atom. The van der Waals surface area contributed by atoms with Gasteiger partial charge in [-0.05, 0) is 30.3 Å². The molecule has 146 valence electrons. The van der Waals surface area contributed by atoms with E-state index < -0.39 is 0 Å². The monoisotopic (exact) mass is 400 g/mol. The fourth-order valence-corrected chi connectivity index (χ4v) is 3.33. The average molecular weight is 400 g/mol. The fraction of sp³-hybridized carbons (Fsp3) is 0.200. The highest BCUT2D eigenvalue weighted by Crippen LogP contribution is 2.35. The Labute approximate surface area is 166 Å². The van der Waals surface area contributed by atoms with Crippen molar-refractivity contribution in [1.82, 2.24) is 4.98 Å². The van der Waals surface area contributed by atoms with Gasteiger partial charge in [-0.15, -0.1) is 11.3 Å². The van der Waals surface area contributed by atoms with E-state index >= 15 is 0 Å². The zero-order valence-corrected chi connectivity index (χ0v) is 16.8. The maximum absolute atomic E-state index is 12.7. The zero-order valence-electron chi connectivity index (χ0n) is 15.9. The van der Waals surface area contributed by atoms with Crippen LogP contribution in [0, 0.1) is 0 Å². The number of aromatic nitrogens is 1. The molecule has 3 rings (SSSR count). The Hall–Kier alpha value is -3.26. The molecule has 0 saturated carbocycles. The lowest BCUT2D eigenvalue weighted by Gasteiger charge is -2.10. The van der Waals surface area contributed by atoms with Crippen molar-refractivity contribution >= 4 is 22.4 Å². The molecule has 1 aromatic heterocycles. The summed E-state index contributed by atoms with van der Waals surface area (Å²) in [4.78, 5) is 17.2. The van der Waals surface area contributed by atoms with Crippen molar-refractivity contribution in [1.29, 1.82) is 0 Å². The first-order chi connectivity index (χ1) is 13.6. The summed E-state index contributed by atoms with van der Waals surface area (Å²) in [6, 6.07) is 10.5. The second-order valence-corrected chi connectivity index (χ2v) is 6.48. The molecule has 1 heterocycles. The number of ether oxygens (including phenoxy) is 4. The summed E-state index contributed by atoms with van der Waals surface area (Å²) < 4.78 is 21.1. The van der Waals surface area contributed by atoms with E-state index in [1.165, 1.54) is 18.4 Å². The van der Waals surface area contributed by atoms with E-state index in [0.717, 1.165) is 5.56 Å². The molecule has 28 heavy (non-hydrogen) atoms. The largest absolute Gasteiger partial charge is 0.497 e. The van der Waals surface area contributed by atoms with Gasteiger partial charge in [-0.25, -0.2) is 4.98 Å². The molecule has 0 atom stereocenters. The number of benzene rings is 2. The Morgan fingerprint density at radius 3 is 2.25 bits per heavy atom. The lowest BCUT2D eigenvalue weighted by molar-refractivity contribution is 0.102. The van der Waals surface area contributed by atoms with Crippen molar-refractivity contribution in [3.8, 4) is 34.3 Å². The van der Waals surface area contributed by atoms with Gasteiger partial charge in [-0.1, -0.05) is 0 Å². The molecular formula is C20H20N2O5S. The first-order valence-corrected chi connectivity index (χ1v) is 9.19. The van der Waals surface area contributed by atoms with Crippen LogP contribution in [0.2, 0.25) is 0 Å². The maximum atomic E-state index is 12.7. The third-order valence-corrected chi connectivity index (χ3v) is 4.82. The molecule has 1 N–H and O–H groups in total. The first-order valence-electron chi connectivity index (χ1n) is 8.31. The Bertz CT molecular complexity index is 986. The van der Waals surface area contributed by atoms with E-state index in [9.17, 15) is 4.79 Å². The molecule has 8 heteroatoms. The number of thiazole rings is 1. The van der Waals surface area contributed by atoms with Gasteiger partial charge in [0.1, 0.15) is 23.0 Å². The molecule has 2 aromatic carbocycles. The molecule has 7 nitrogen and oxygen atoms in total. The van der Waals surface area contributed by atoms with Crippen LogP contribution in [-0.4, -0.2) is 39.3 Å². The Morgan fingerprint density at radius 1 is 0.893 bits per heavy atom. The van der Waals surface area contributed by atoms with Crippen LogP contribution in [0.4, 0.5) is 5.13 Å². The summed E-state index contributed by atoms with van der Waals surface area (Å²) in [5, 5.41) is 5.11. The highest BCUT2D eigenvalue weighted by molar-refractivity contribution is 7.14. The number of hydrogen-bond acceptors (Lipinski definition) is 7. The minimum absolute atomic E-state index is 0.321. The molecule has 0 aliphatic rings. The molecule has 1 amide bonds. The number of methoxy groups -OCH3 is 4. The van der Waals surface area contributed by atoms with Gasteiger partial charge in [0.05, 0.1) is 39.7 Å². The predicted octanol–water partition coefficient (Wildman–Crippen LogP) is 4.10. The van der Waals surface area contributed by atoms with Gasteiger partial charge in [-0.2, -0.15) is 0 Å². The number of carbonyl (C=O) groups excluding carboxylic acids is 1. The summed E-state index contributed by atoms with van der Waals surface area (Å²) in [5.74, 6) is 2.06. The molecule has 0 radical (unpaired) electrons. The minimum Gasteiger partial charge on any atom is -0.497 e. The van der Waals surface area contributed by atoms with E-state index in [4.69, 9.17) is 18.9 Å². The van der Waals surface area contributed by atoms with Crippen LogP contribution in [0.3, 0.4) is 0 Å². The van der Waals surface area contributed by atoms with E-state index in [-0.39, 0.29) is 5.91 Å².